The smallest absolute Gasteiger partial charge is 0.293 e. The number of nitrogens with zero attached hydrogens (tertiary/aromatic N) is 2. The molecule has 5 heteroatoms. The Balaban J connectivity index is 2.36. The zero-order valence-corrected chi connectivity index (χ0v) is 10.3. The highest BCUT2D eigenvalue weighted by molar-refractivity contribution is 5.79. The summed E-state index contributed by atoms with van der Waals surface area (Å²) in [6.45, 7) is 3.82. The fourth-order valence-corrected chi connectivity index (χ4v) is 2.44. The van der Waals surface area contributed by atoms with Crippen molar-refractivity contribution in [2.75, 3.05) is 18.0 Å². The van der Waals surface area contributed by atoms with Crippen LogP contribution in [0.3, 0.4) is 0 Å². The maximum atomic E-state index is 11.1. The van der Waals surface area contributed by atoms with Crippen LogP contribution in [0.25, 0.3) is 0 Å². The van der Waals surface area contributed by atoms with Crippen molar-refractivity contribution in [2.24, 2.45) is 5.92 Å². The van der Waals surface area contributed by atoms with Crippen molar-refractivity contribution in [1.82, 2.24) is 0 Å². The molecule has 18 heavy (non-hydrogen) atoms. The minimum Gasteiger partial charge on any atom is -0.366 e. The molecule has 1 aliphatic rings. The molecule has 1 aromatic carbocycles. The van der Waals surface area contributed by atoms with Crippen molar-refractivity contribution < 1.29 is 9.72 Å². The highest BCUT2D eigenvalue weighted by Gasteiger charge is 2.23. The van der Waals surface area contributed by atoms with E-state index in [1.165, 1.54) is 6.07 Å². The Morgan fingerprint density at radius 3 is 2.89 bits per heavy atom. The zero-order chi connectivity index (χ0) is 13.1. The number of piperidine rings is 1. The standard InChI is InChI=1S/C13H16N2O3/c1-10-3-2-6-14(8-10)12-5-4-11(9-16)7-13(12)15(17)18/h4-5,7,9-10H,2-3,6,8H2,1H3. The molecule has 1 saturated heterocycles. The Hall–Kier alpha value is -1.91. The van der Waals surface area contributed by atoms with Crippen molar-refractivity contribution in [3.05, 3.63) is 33.9 Å². The van der Waals surface area contributed by atoms with E-state index < -0.39 is 4.92 Å². The number of anilines is 1. The van der Waals surface area contributed by atoms with E-state index in [-0.39, 0.29) is 5.69 Å². The van der Waals surface area contributed by atoms with Crippen LogP contribution in [0.5, 0.6) is 0 Å². The second-order valence-electron chi connectivity index (χ2n) is 4.82. The summed E-state index contributed by atoms with van der Waals surface area (Å²) in [7, 11) is 0. The van der Waals surface area contributed by atoms with Crippen molar-refractivity contribution in [3.63, 3.8) is 0 Å². The average molecular weight is 248 g/mol. The number of carbonyl (C=O) groups is 1. The fraction of sp³-hybridized carbons (Fsp3) is 0.462. The van der Waals surface area contributed by atoms with Crippen molar-refractivity contribution in [3.8, 4) is 0 Å². The summed E-state index contributed by atoms with van der Waals surface area (Å²) >= 11 is 0. The van der Waals surface area contributed by atoms with Gasteiger partial charge in [0.25, 0.3) is 5.69 Å². The Morgan fingerprint density at radius 1 is 1.50 bits per heavy atom. The van der Waals surface area contributed by atoms with E-state index >= 15 is 0 Å². The fourth-order valence-electron chi connectivity index (χ4n) is 2.44. The molecular weight excluding hydrogens is 232 g/mol. The third kappa shape index (κ3) is 2.50. The zero-order valence-electron chi connectivity index (χ0n) is 10.3. The van der Waals surface area contributed by atoms with E-state index in [0.29, 0.717) is 23.5 Å². The summed E-state index contributed by atoms with van der Waals surface area (Å²) in [6.07, 6.45) is 2.85. The third-order valence-electron chi connectivity index (χ3n) is 3.33. The molecular formula is C13H16N2O3. The number of hydrogen-bond donors (Lipinski definition) is 0. The molecule has 96 valence electrons. The normalized spacial score (nSPS) is 19.6. The van der Waals surface area contributed by atoms with Gasteiger partial charge in [0.15, 0.2) is 0 Å². The van der Waals surface area contributed by atoms with Gasteiger partial charge < -0.3 is 4.90 Å². The Morgan fingerprint density at radius 2 is 2.28 bits per heavy atom. The van der Waals surface area contributed by atoms with Crippen LogP contribution in [0, 0.1) is 16.0 Å². The molecule has 0 radical (unpaired) electrons. The molecule has 1 aromatic rings. The number of hydrogen-bond acceptors (Lipinski definition) is 4. The molecule has 5 nitrogen and oxygen atoms in total. The van der Waals surface area contributed by atoms with Gasteiger partial charge >= 0.3 is 0 Å². The first-order valence-electron chi connectivity index (χ1n) is 6.10. The molecule has 2 rings (SSSR count). The number of carbonyl (C=O) groups excluding carboxylic acids is 1. The SMILES string of the molecule is CC1CCCN(c2ccc(C=O)cc2[N+](=O)[O-])C1. The van der Waals surface area contributed by atoms with Gasteiger partial charge in [0.05, 0.1) is 4.92 Å². The third-order valence-corrected chi connectivity index (χ3v) is 3.33. The lowest BCUT2D eigenvalue weighted by molar-refractivity contribution is -0.384. The maximum absolute atomic E-state index is 11.1. The van der Waals surface area contributed by atoms with Crippen LogP contribution < -0.4 is 4.90 Å². The van der Waals surface area contributed by atoms with E-state index in [2.05, 4.69) is 6.92 Å². The number of benzene rings is 1. The predicted molar refractivity (Wildman–Crippen MR) is 69.1 cm³/mol. The molecule has 1 atom stereocenters. The quantitative estimate of drug-likeness (QED) is 0.468. The molecule has 1 fully saturated rings. The lowest BCUT2D eigenvalue weighted by Gasteiger charge is -2.32. The van der Waals surface area contributed by atoms with Crippen LogP contribution in [-0.4, -0.2) is 24.3 Å². The first kappa shape index (κ1) is 12.5. The van der Waals surface area contributed by atoms with Gasteiger partial charge in [-0.2, -0.15) is 0 Å². The predicted octanol–water partition coefficient (Wildman–Crippen LogP) is 2.64. The monoisotopic (exact) mass is 248 g/mol. The van der Waals surface area contributed by atoms with Gasteiger partial charge in [-0.1, -0.05) is 6.92 Å². The summed E-state index contributed by atoms with van der Waals surface area (Å²) in [4.78, 5) is 23.4. The van der Waals surface area contributed by atoms with Crippen LogP contribution in [0.1, 0.15) is 30.1 Å². The molecule has 1 unspecified atom stereocenters. The molecule has 0 saturated carbocycles. The summed E-state index contributed by atoms with van der Waals surface area (Å²) in [5, 5.41) is 11.1. The first-order chi connectivity index (χ1) is 8.61. The highest BCUT2D eigenvalue weighted by atomic mass is 16.6. The lowest BCUT2D eigenvalue weighted by Crippen LogP contribution is -2.34. The maximum Gasteiger partial charge on any atom is 0.293 e. The van der Waals surface area contributed by atoms with E-state index in [1.54, 1.807) is 12.1 Å². The van der Waals surface area contributed by atoms with E-state index in [1.807, 2.05) is 4.90 Å². The Kier molecular flexibility index (Phi) is 3.60. The largest absolute Gasteiger partial charge is 0.366 e. The van der Waals surface area contributed by atoms with Gasteiger partial charge in [-0.15, -0.1) is 0 Å². The minimum atomic E-state index is -0.415. The van der Waals surface area contributed by atoms with E-state index in [4.69, 9.17) is 0 Å². The molecule has 1 heterocycles. The van der Waals surface area contributed by atoms with Gasteiger partial charge in [0, 0.05) is 24.7 Å². The average Bonchev–Trinajstić information content (AvgIpc) is 2.38. The number of rotatable bonds is 3. The second-order valence-corrected chi connectivity index (χ2v) is 4.82. The van der Waals surface area contributed by atoms with Gasteiger partial charge in [0.2, 0.25) is 0 Å². The summed E-state index contributed by atoms with van der Waals surface area (Å²) in [6, 6.07) is 4.66. The number of nitro groups is 1. The summed E-state index contributed by atoms with van der Waals surface area (Å²) in [5.74, 6) is 0.545. The van der Waals surface area contributed by atoms with Gasteiger partial charge in [-0.05, 0) is 30.9 Å². The lowest BCUT2D eigenvalue weighted by atomic mass is 9.99. The Labute approximate surface area is 106 Å². The first-order valence-corrected chi connectivity index (χ1v) is 6.10. The van der Waals surface area contributed by atoms with Crippen molar-refractivity contribution in [1.29, 1.82) is 0 Å². The molecule has 0 amide bonds. The summed E-state index contributed by atoms with van der Waals surface area (Å²) in [5.41, 5.74) is 0.987. The highest BCUT2D eigenvalue weighted by Crippen LogP contribution is 2.31. The van der Waals surface area contributed by atoms with Crippen LogP contribution in [0.2, 0.25) is 0 Å². The molecule has 1 aliphatic heterocycles. The molecule has 0 spiro atoms. The molecule has 0 N–H and O–H groups in total. The van der Waals surface area contributed by atoms with Crippen LogP contribution in [0.15, 0.2) is 18.2 Å². The van der Waals surface area contributed by atoms with Crippen LogP contribution in [0.4, 0.5) is 11.4 Å². The van der Waals surface area contributed by atoms with Crippen LogP contribution in [-0.2, 0) is 0 Å². The molecule has 0 aromatic heterocycles. The Bertz CT molecular complexity index is 473. The second kappa shape index (κ2) is 5.16. The topological polar surface area (TPSA) is 63.5 Å². The van der Waals surface area contributed by atoms with E-state index in [9.17, 15) is 14.9 Å². The van der Waals surface area contributed by atoms with Gasteiger partial charge in [-0.3, -0.25) is 14.9 Å². The number of aldehydes is 1. The minimum absolute atomic E-state index is 0.0219. The van der Waals surface area contributed by atoms with Gasteiger partial charge in [-0.25, -0.2) is 0 Å². The summed E-state index contributed by atoms with van der Waals surface area (Å²) < 4.78 is 0. The van der Waals surface area contributed by atoms with Crippen molar-refractivity contribution in [2.45, 2.75) is 19.8 Å². The van der Waals surface area contributed by atoms with Crippen LogP contribution >= 0.6 is 0 Å². The van der Waals surface area contributed by atoms with E-state index in [0.717, 1.165) is 25.9 Å². The van der Waals surface area contributed by atoms with Crippen molar-refractivity contribution >= 4 is 17.7 Å². The molecule has 0 bridgehead atoms. The molecule has 0 aliphatic carbocycles. The van der Waals surface area contributed by atoms with Gasteiger partial charge in [0.1, 0.15) is 12.0 Å². The number of nitro benzene ring substituents is 1.